The maximum Gasteiger partial charge on any atom is 0.278 e. The minimum atomic E-state index is -2.26. The van der Waals surface area contributed by atoms with Crippen LogP contribution in [0.1, 0.15) is 11.1 Å². The van der Waals surface area contributed by atoms with Gasteiger partial charge in [-0.3, -0.25) is 5.43 Å². The number of hydrogen-bond acceptors (Lipinski definition) is 6. The highest BCUT2D eigenvalue weighted by Crippen LogP contribution is 2.61. The fourth-order valence-corrected chi connectivity index (χ4v) is 4.85. The van der Waals surface area contributed by atoms with Gasteiger partial charge < -0.3 is 0 Å². The summed E-state index contributed by atoms with van der Waals surface area (Å²) < 4.78 is 13.7. The lowest BCUT2D eigenvalue weighted by molar-refractivity contribution is 0.456. The lowest BCUT2D eigenvalue weighted by Gasteiger charge is -2.25. The minimum absolute atomic E-state index is 0.730. The Balaban J connectivity index is 1.78. The van der Waals surface area contributed by atoms with E-state index >= 15 is 0 Å². The van der Waals surface area contributed by atoms with E-state index in [2.05, 4.69) is 10.5 Å². The average Bonchev–Trinajstić information content (AvgIpc) is 3.11. The first kappa shape index (κ1) is 14.2. The Labute approximate surface area is 135 Å². The summed E-state index contributed by atoms with van der Waals surface area (Å²) in [5.74, 6) is 1.56. The van der Waals surface area contributed by atoms with Gasteiger partial charge in [0.2, 0.25) is 0 Å². The number of amidine groups is 2. The van der Waals surface area contributed by atoms with Gasteiger partial charge in [-0.15, -0.1) is 5.10 Å². The number of rotatable bonds is 2. The number of hydrazone groups is 1. The molecule has 0 fully saturated rings. The number of nitrogens with one attached hydrogen (secondary N) is 1. The van der Waals surface area contributed by atoms with Crippen LogP contribution < -0.4 is 5.43 Å². The molecular formula is C16H17N6P. The van der Waals surface area contributed by atoms with E-state index in [9.17, 15) is 0 Å². The maximum atomic E-state index is 4.91. The molecule has 4 rings (SSSR count). The predicted octanol–water partition coefficient (Wildman–Crippen LogP) is 3.14. The topological polar surface area (TPSA) is 55.6 Å². The highest BCUT2D eigenvalue weighted by Gasteiger charge is 2.40. The maximum absolute atomic E-state index is 4.91. The van der Waals surface area contributed by atoms with Crippen molar-refractivity contribution < 1.29 is 0 Å². The van der Waals surface area contributed by atoms with Gasteiger partial charge in [0.25, 0.3) is 7.51 Å². The molecule has 0 amide bonds. The molecule has 0 radical (unpaired) electrons. The highest BCUT2D eigenvalue weighted by molar-refractivity contribution is 7.61. The molecule has 2 heterocycles. The highest BCUT2D eigenvalue weighted by atomic mass is 31.2. The van der Waals surface area contributed by atoms with E-state index in [1.165, 1.54) is 0 Å². The molecule has 0 aliphatic carbocycles. The van der Waals surface area contributed by atoms with Gasteiger partial charge in [0.1, 0.15) is 0 Å². The van der Waals surface area contributed by atoms with E-state index in [1.54, 1.807) is 0 Å². The zero-order valence-corrected chi connectivity index (χ0v) is 13.9. The largest absolute Gasteiger partial charge is 0.295 e. The smallest absolute Gasteiger partial charge is 0.278 e. The zero-order valence-electron chi connectivity index (χ0n) is 13.0. The van der Waals surface area contributed by atoms with E-state index in [0.29, 0.717) is 0 Å². The molecule has 23 heavy (non-hydrogen) atoms. The van der Waals surface area contributed by atoms with Gasteiger partial charge in [-0.25, -0.2) is 4.78 Å². The normalized spacial score (nSPS) is 23.5. The minimum Gasteiger partial charge on any atom is -0.295 e. The van der Waals surface area contributed by atoms with Crippen LogP contribution in [0.15, 0.2) is 75.3 Å². The fraction of sp³-hybridized carbons (Fsp3) is 0.125. The molecule has 1 spiro atoms. The predicted molar refractivity (Wildman–Crippen MR) is 94.0 cm³/mol. The van der Waals surface area contributed by atoms with Crippen LogP contribution in [-0.4, -0.2) is 35.3 Å². The fourth-order valence-electron chi connectivity index (χ4n) is 2.62. The molecule has 0 saturated carbocycles. The lowest BCUT2D eigenvalue weighted by atomic mass is 10.2. The van der Waals surface area contributed by atoms with Crippen molar-refractivity contribution >= 4 is 19.2 Å². The summed E-state index contributed by atoms with van der Waals surface area (Å²) in [5, 5.41) is 4.62. The van der Waals surface area contributed by atoms with Crippen molar-refractivity contribution in [1.29, 1.82) is 0 Å². The molecule has 6 nitrogen and oxygen atoms in total. The van der Waals surface area contributed by atoms with Crippen LogP contribution in [0.5, 0.6) is 0 Å². The second-order valence-electron chi connectivity index (χ2n) is 5.37. The molecule has 2 aromatic rings. The van der Waals surface area contributed by atoms with Crippen molar-refractivity contribution in [1.82, 2.24) is 15.0 Å². The third-order valence-corrected chi connectivity index (χ3v) is 6.54. The van der Waals surface area contributed by atoms with Crippen molar-refractivity contribution in [3.05, 3.63) is 71.8 Å². The Bertz CT molecular complexity index is 843. The number of hydrazine groups is 1. The monoisotopic (exact) mass is 324 g/mol. The molecule has 0 aromatic heterocycles. The molecule has 2 aliphatic rings. The van der Waals surface area contributed by atoms with Crippen LogP contribution in [0.25, 0.3) is 0 Å². The van der Waals surface area contributed by atoms with Gasteiger partial charge in [-0.2, -0.15) is 14.3 Å². The third-order valence-electron chi connectivity index (χ3n) is 3.84. The van der Waals surface area contributed by atoms with Gasteiger partial charge in [0, 0.05) is 25.2 Å². The molecule has 1 unspecified atom stereocenters. The first-order valence-corrected chi connectivity index (χ1v) is 8.96. The summed E-state index contributed by atoms with van der Waals surface area (Å²) in [6, 6.07) is 20.1. The first-order valence-electron chi connectivity index (χ1n) is 7.36. The van der Waals surface area contributed by atoms with Crippen LogP contribution >= 0.6 is 7.51 Å². The molecule has 0 saturated heterocycles. The Kier molecular flexibility index (Phi) is 3.29. The molecule has 1 atom stereocenters. The molecule has 2 aromatic carbocycles. The van der Waals surface area contributed by atoms with E-state index in [1.807, 2.05) is 84.3 Å². The number of benzene rings is 2. The van der Waals surface area contributed by atoms with Crippen LogP contribution in [0, 0.1) is 0 Å². The summed E-state index contributed by atoms with van der Waals surface area (Å²) in [6.45, 7) is 0. The molecule has 1 N–H and O–H groups in total. The first-order chi connectivity index (χ1) is 11.2. The van der Waals surface area contributed by atoms with Crippen molar-refractivity contribution in [2.45, 2.75) is 0 Å². The Morgan fingerprint density at radius 1 is 0.870 bits per heavy atom. The Morgan fingerprint density at radius 3 is 2.13 bits per heavy atom. The second kappa shape index (κ2) is 5.33. The Hall–Kier alpha value is -2.43. The lowest BCUT2D eigenvalue weighted by Crippen LogP contribution is -2.32. The van der Waals surface area contributed by atoms with E-state index in [4.69, 9.17) is 9.51 Å². The van der Waals surface area contributed by atoms with Gasteiger partial charge in [-0.1, -0.05) is 60.7 Å². The van der Waals surface area contributed by atoms with E-state index in [-0.39, 0.29) is 0 Å². The van der Waals surface area contributed by atoms with Gasteiger partial charge in [-0.05, 0) is 0 Å². The summed E-state index contributed by atoms with van der Waals surface area (Å²) >= 11 is 0. The van der Waals surface area contributed by atoms with E-state index in [0.717, 1.165) is 22.8 Å². The zero-order chi connectivity index (χ0) is 15.9. The van der Waals surface area contributed by atoms with Crippen molar-refractivity contribution in [2.24, 2.45) is 14.6 Å². The van der Waals surface area contributed by atoms with E-state index < -0.39 is 7.51 Å². The van der Waals surface area contributed by atoms with Crippen molar-refractivity contribution in [3.8, 4) is 0 Å². The summed E-state index contributed by atoms with van der Waals surface area (Å²) in [7, 11) is 1.64. The number of hydrogen-bond donors (Lipinski definition) is 1. The summed E-state index contributed by atoms with van der Waals surface area (Å²) in [6.07, 6.45) is 0. The average molecular weight is 324 g/mol. The summed E-state index contributed by atoms with van der Waals surface area (Å²) in [5.41, 5.74) is 5.39. The molecule has 2 aliphatic heterocycles. The second-order valence-corrected chi connectivity index (χ2v) is 8.02. The number of nitrogens with zero attached hydrogens (tertiary/aromatic N) is 5. The molecular weight excluding hydrogens is 307 g/mol. The quantitative estimate of drug-likeness (QED) is 0.864. The molecule has 116 valence electrons. The van der Waals surface area contributed by atoms with Gasteiger partial charge in [0.15, 0.2) is 11.7 Å². The molecule has 0 bridgehead atoms. The SMILES string of the molecule is CN1N=C(c2ccccc2)N=P12N=C(c1ccccc1)NN2C. The van der Waals surface area contributed by atoms with Crippen LogP contribution in [0.2, 0.25) is 0 Å². The van der Waals surface area contributed by atoms with Crippen LogP contribution in [0.4, 0.5) is 0 Å². The van der Waals surface area contributed by atoms with Crippen molar-refractivity contribution in [3.63, 3.8) is 0 Å². The van der Waals surface area contributed by atoms with Crippen molar-refractivity contribution in [2.75, 3.05) is 14.1 Å². The van der Waals surface area contributed by atoms with Gasteiger partial charge in [0.05, 0.1) is 0 Å². The Morgan fingerprint density at radius 2 is 1.48 bits per heavy atom. The van der Waals surface area contributed by atoms with Crippen LogP contribution in [-0.2, 0) is 0 Å². The van der Waals surface area contributed by atoms with Crippen LogP contribution in [0.3, 0.4) is 0 Å². The third kappa shape index (κ3) is 2.27. The standard InChI is InChI=1S/C16H17N6P/c1-21-17-15(13-9-5-3-6-10-13)19-23(21)20-16(18-22(23)2)14-11-7-4-8-12-14/h3-12H,1-2H3,(H,17,19). The molecule has 7 heteroatoms. The van der Waals surface area contributed by atoms with Gasteiger partial charge >= 0.3 is 0 Å². The summed E-state index contributed by atoms with van der Waals surface area (Å²) in [4.78, 5) is 0.